The molecule has 0 aliphatic heterocycles. The van der Waals surface area contributed by atoms with Crippen molar-refractivity contribution in [2.45, 2.75) is 0 Å². The second-order valence-corrected chi connectivity index (χ2v) is 19.6. The minimum Gasteiger partial charge on any atom is -0.455 e. The van der Waals surface area contributed by atoms with Crippen molar-refractivity contribution < 1.29 is 4.42 Å². The summed E-state index contributed by atoms with van der Waals surface area (Å²) in [5, 5.41) is 12.0. The van der Waals surface area contributed by atoms with Gasteiger partial charge in [-0.1, -0.05) is 206 Å². The summed E-state index contributed by atoms with van der Waals surface area (Å²) >= 11 is 0. The lowest BCUT2D eigenvalue weighted by Gasteiger charge is -2.29. The zero-order chi connectivity index (χ0) is 49.4. The molecule has 0 radical (unpaired) electrons. The molecule has 2 aromatic heterocycles. The Hall–Kier alpha value is -9.96. The molecule has 0 unspecified atom stereocenters. The predicted octanol–water partition coefficient (Wildman–Crippen LogP) is 20.3. The van der Waals surface area contributed by atoms with Crippen LogP contribution >= 0.6 is 0 Å². The highest BCUT2D eigenvalue weighted by Crippen LogP contribution is 2.47. The molecule has 0 bridgehead atoms. The van der Waals surface area contributed by atoms with E-state index in [1.165, 1.54) is 54.3 Å². The SMILES string of the molecule is c1ccc(-c2cc(-c3cc4ccccc4c4ccccc34)ccc2N(c2ccc(-c3cccc(-n4c5ccccc5c5ccccc54)c3)cc2)c2cccc(-c3cccc4c3oc3c5ccccc5ccc43)c2)cc1. The summed E-state index contributed by atoms with van der Waals surface area (Å²) in [7, 11) is 0. The maximum atomic E-state index is 6.92. The van der Waals surface area contributed by atoms with E-state index in [0.717, 1.165) is 89.0 Å². The highest BCUT2D eigenvalue weighted by Gasteiger charge is 2.22. The van der Waals surface area contributed by atoms with E-state index in [4.69, 9.17) is 4.42 Å². The van der Waals surface area contributed by atoms with E-state index in [0.29, 0.717) is 0 Å². The summed E-state index contributed by atoms with van der Waals surface area (Å²) in [4.78, 5) is 2.43. The fourth-order valence-corrected chi connectivity index (χ4v) is 11.9. The van der Waals surface area contributed by atoms with E-state index in [-0.39, 0.29) is 0 Å². The molecule has 15 aromatic rings. The molecule has 3 nitrogen and oxygen atoms in total. The topological polar surface area (TPSA) is 21.3 Å². The van der Waals surface area contributed by atoms with Gasteiger partial charge < -0.3 is 13.9 Å². The molecule has 0 saturated heterocycles. The van der Waals surface area contributed by atoms with Crippen LogP contribution in [-0.2, 0) is 0 Å². The Balaban J connectivity index is 0.910. The van der Waals surface area contributed by atoms with Crippen molar-refractivity contribution in [1.29, 1.82) is 0 Å². The number of nitrogens with zero attached hydrogens (tertiary/aromatic N) is 2. The van der Waals surface area contributed by atoms with Gasteiger partial charge in [-0.05, 0) is 133 Å². The minimum absolute atomic E-state index is 0.886. The first-order chi connectivity index (χ1) is 37.2. The van der Waals surface area contributed by atoms with Gasteiger partial charge >= 0.3 is 0 Å². The summed E-state index contributed by atoms with van der Waals surface area (Å²) in [6.07, 6.45) is 0. The standard InChI is InChI=1S/C72H46N2O/c1-2-17-48(18-3-1)67-46-53(66-45-52-20-5-6-25-57(52)60-27-8-9-28-61(60)66)38-42-70(67)73(55-23-15-22-51(44-55)59-31-16-32-64-65-41-37-49-19-4-7-26-58(49)71(65)75-72(59)64)54-39-35-47(36-40-54)50-21-14-24-56(43-50)74-68-33-12-10-29-62(68)63-30-11-13-34-69(63)74/h1-46H. The first-order valence-corrected chi connectivity index (χ1v) is 25.7. The minimum atomic E-state index is 0.886. The van der Waals surface area contributed by atoms with E-state index in [1.807, 2.05) is 0 Å². The van der Waals surface area contributed by atoms with Crippen LogP contribution in [0.1, 0.15) is 0 Å². The van der Waals surface area contributed by atoms with E-state index < -0.39 is 0 Å². The number of benzene rings is 13. The van der Waals surface area contributed by atoms with Crippen molar-refractivity contribution in [3.63, 3.8) is 0 Å². The second kappa shape index (κ2) is 17.4. The summed E-state index contributed by atoms with van der Waals surface area (Å²) in [5.74, 6) is 0. The van der Waals surface area contributed by atoms with Gasteiger partial charge in [-0.2, -0.15) is 0 Å². The molecule has 0 spiro atoms. The lowest BCUT2D eigenvalue weighted by Crippen LogP contribution is -2.11. The number of furan rings is 1. The van der Waals surface area contributed by atoms with E-state index in [9.17, 15) is 0 Å². The van der Waals surface area contributed by atoms with Gasteiger partial charge in [0.2, 0.25) is 0 Å². The lowest BCUT2D eigenvalue weighted by atomic mass is 9.91. The average Bonchev–Trinajstić information content (AvgIpc) is 4.05. The summed E-state index contributed by atoms with van der Waals surface area (Å²) in [5.41, 5.74) is 17.5. The Bertz CT molecular complexity index is 4660. The smallest absolute Gasteiger partial charge is 0.143 e. The van der Waals surface area contributed by atoms with Crippen LogP contribution in [0, 0.1) is 0 Å². The molecule has 15 rings (SSSR count). The largest absolute Gasteiger partial charge is 0.455 e. The molecule has 0 aliphatic carbocycles. The number of para-hydroxylation sites is 3. The number of hydrogen-bond donors (Lipinski definition) is 0. The number of fused-ring (bicyclic) bond motifs is 11. The lowest BCUT2D eigenvalue weighted by molar-refractivity contribution is 0.674. The molecule has 0 atom stereocenters. The Labute approximate surface area is 434 Å². The van der Waals surface area contributed by atoms with Crippen molar-refractivity contribution in [2.75, 3.05) is 4.90 Å². The fourth-order valence-electron chi connectivity index (χ4n) is 11.9. The third-order valence-electron chi connectivity index (χ3n) is 15.3. The molecule has 0 N–H and O–H groups in total. The van der Waals surface area contributed by atoms with Crippen molar-refractivity contribution in [3.8, 4) is 50.2 Å². The van der Waals surface area contributed by atoms with Gasteiger partial charge in [-0.25, -0.2) is 0 Å². The number of hydrogen-bond acceptors (Lipinski definition) is 2. The molecule has 75 heavy (non-hydrogen) atoms. The zero-order valence-electron chi connectivity index (χ0n) is 40.9. The fraction of sp³-hybridized carbons (Fsp3) is 0. The van der Waals surface area contributed by atoms with Gasteiger partial charge in [0.15, 0.2) is 0 Å². The number of rotatable bonds is 8. The predicted molar refractivity (Wildman–Crippen MR) is 317 cm³/mol. The third-order valence-corrected chi connectivity index (χ3v) is 15.3. The maximum absolute atomic E-state index is 6.92. The van der Waals surface area contributed by atoms with Crippen LogP contribution in [0.25, 0.3) is 126 Å². The average molecular weight is 955 g/mol. The Morgan fingerprint density at radius 1 is 0.267 bits per heavy atom. The van der Waals surface area contributed by atoms with Crippen LogP contribution in [0.3, 0.4) is 0 Å². The number of anilines is 3. The van der Waals surface area contributed by atoms with Crippen molar-refractivity contribution in [1.82, 2.24) is 4.57 Å². The van der Waals surface area contributed by atoms with Gasteiger partial charge in [0, 0.05) is 55.1 Å². The quantitative estimate of drug-likeness (QED) is 0.142. The molecule has 3 heteroatoms. The normalized spacial score (nSPS) is 11.7. The highest BCUT2D eigenvalue weighted by atomic mass is 16.3. The van der Waals surface area contributed by atoms with Gasteiger partial charge in [-0.3, -0.25) is 0 Å². The van der Waals surface area contributed by atoms with Crippen LogP contribution in [0.5, 0.6) is 0 Å². The van der Waals surface area contributed by atoms with Crippen LogP contribution in [0.15, 0.2) is 283 Å². The summed E-state index contributed by atoms with van der Waals surface area (Å²) < 4.78 is 9.31. The molecule has 0 fully saturated rings. The van der Waals surface area contributed by atoms with Crippen molar-refractivity contribution in [3.05, 3.63) is 279 Å². The monoisotopic (exact) mass is 954 g/mol. The molecule has 13 aromatic carbocycles. The van der Waals surface area contributed by atoms with E-state index >= 15 is 0 Å². The molecular formula is C72H46N2O. The second-order valence-electron chi connectivity index (χ2n) is 19.6. The maximum Gasteiger partial charge on any atom is 0.143 e. The molecular weight excluding hydrogens is 909 g/mol. The Morgan fingerprint density at radius 2 is 0.853 bits per heavy atom. The number of aromatic nitrogens is 1. The van der Waals surface area contributed by atoms with Crippen molar-refractivity contribution >= 4 is 93.1 Å². The summed E-state index contributed by atoms with van der Waals surface area (Å²) in [6.45, 7) is 0. The molecule has 0 saturated carbocycles. The molecule has 0 amide bonds. The zero-order valence-corrected chi connectivity index (χ0v) is 40.9. The van der Waals surface area contributed by atoms with Crippen LogP contribution in [-0.4, -0.2) is 4.57 Å². The van der Waals surface area contributed by atoms with Gasteiger partial charge in [-0.15, -0.1) is 0 Å². The third kappa shape index (κ3) is 7.05. The highest BCUT2D eigenvalue weighted by molar-refractivity contribution is 6.18. The first-order valence-electron chi connectivity index (χ1n) is 25.7. The van der Waals surface area contributed by atoms with Crippen LogP contribution in [0.4, 0.5) is 17.1 Å². The van der Waals surface area contributed by atoms with Crippen LogP contribution < -0.4 is 4.90 Å². The van der Waals surface area contributed by atoms with Gasteiger partial charge in [0.25, 0.3) is 0 Å². The first kappa shape index (κ1) is 42.7. The molecule has 0 aliphatic rings. The Morgan fingerprint density at radius 3 is 1.65 bits per heavy atom. The molecule has 350 valence electrons. The Kier molecular flexibility index (Phi) is 9.89. The van der Waals surface area contributed by atoms with Gasteiger partial charge in [0.05, 0.1) is 16.7 Å². The summed E-state index contributed by atoms with van der Waals surface area (Å²) in [6, 6.07) is 102. The van der Waals surface area contributed by atoms with E-state index in [2.05, 4.69) is 289 Å². The van der Waals surface area contributed by atoms with Crippen molar-refractivity contribution in [2.24, 2.45) is 0 Å². The van der Waals surface area contributed by atoms with Gasteiger partial charge in [0.1, 0.15) is 11.2 Å². The van der Waals surface area contributed by atoms with E-state index in [1.54, 1.807) is 0 Å². The van der Waals surface area contributed by atoms with Crippen LogP contribution in [0.2, 0.25) is 0 Å². The molecule has 2 heterocycles.